The van der Waals surface area contributed by atoms with E-state index in [0.29, 0.717) is 5.92 Å². The Morgan fingerprint density at radius 1 is 1.20 bits per heavy atom. The molecule has 3 nitrogen and oxygen atoms in total. The van der Waals surface area contributed by atoms with Gasteiger partial charge in [0, 0.05) is 12.4 Å². The van der Waals surface area contributed by atoms with E-state index in [0.717, 1.165) is 17.5 Å². The predicted octanol–water partition coefficient (Wildman–Crippen LogP) is 1.95. The Morgan fingerprint density at radius 3 is 2.53 bits per heavy atom. The van der Waals surface area contributed by atoms with Gasteiger partial charge in [0.05, 0.1) is 11.9 Å². The zero-order valence-corrected chi connectivity index (χ0v) is 8.71. The summed E-state index contributed by atoms with van der Waals surface area (Å²) in [5.74, 6) is 1.98. The molecule has 0 amide bonds. The van der Waals surface area contributed by atoms with Crippen molar-refractivity contribution in [1.82, 2.24) is 9.97 Å². The lowest BCUT2D eigenvalue weighted by molar-refractivity contribution is 0.137. The summed E-state index contributed by atoms with van der Waals surface area (Å²) in [6, 6.07) is 0. The van der Waals surface area contributed by atoms with E-state index in [1.54, 1.807) is 18.6 Å². The van der Waals surface area contributed by atoms with Crippen molar-refractivity contribution in [1.29, 1.82) is 0 Å². The Hall–Kier alpha value is -0.960. The number of aliphatic hydroxyl groups excluding tert-OH is 1. The Morgan fingerprint density at radius 2 is 1.93 bits per heavy atom. The van der Waals surface area contributed by atoms with Crippen LogP contribution in [0.4, 0.5) is 0 Å². The molecule has 15 heavy (non-hydrogen) atoms. The van der Waals surface area contributed by atoms with E-state index in [2.05, 4.69) is 9.97 Å². The van der Waals surface area contributed by atoms with Crippen LogP contribution in [0.15, 0.2) is 18.6 Å². The van der Waals surface area contributed by atoms with Crippen molar-refractivity contribution < 1.29 is 5.11 Å². The normalized spacial score (nSPS) is 35.7. The number of hydrogen-bond acceptors (Lipinski definition) is 3. The number of rotatable bonds is 2. The Balaban J connectivity index is 1.74. The Bertz CT molecular complexity index is 329. The summed E-state index contributed by atoms with van der Waals surface area (Å²) in [7, 11) is 0. The van der Waals surface area contributed by atoms with Crippen molar-refractivity contribution in [2.75, 3.05) is 0 Å². The van der Waals surface area contributed by atoms with Gasteiger partial charge in [-0.2, -0.15) is 0 Å². The van der Waals surface area contributed by atoms with Crippen LogP contribution < -0.4 is 0 Å². The van der Waals surface area contributed by atoms with Crippen LogP contribution in [0.25, 0.3) is 0 Å². The molecule has 2 saturated carbocycles. The first-order valence-corrected chi connectivity index (χ1v) is 5.82. The average Bonchev–Trinajstić information content (AvgIpc) is 3.03. The van der Waals surface area contributed by atoms with Gasteiger partial charge >= 0.3 is 0 Å². The summed E-state index contributed by atoms with van der Waals surface area (Å²) in [5, 5.41) is 10.2. The predicted molar refractivity (Wildman–Crippen MR) is 55.9 cm³/mol. The maximum absolute atomic E-state index is 10.2. The van der Waals surface area contributed by atoms with Crippen LogP contribution in [-0.2, 0) is 0 Å². The first-order valence-electron chi connectivity index (χ1n) is 5.82. The molecule has 0 aliphatic heterocycles. The highest BCUT2D eigenvalue weighted by molar-refractivity contribution is 5.11. The minimum Gasteiger partial charge on any atom is -0.386 e. The molecular formula is C12H16N2O. The maximum Gasteiger partial charge on any atom is 0.101 e. The topological polar surface area (TPSA) is 46.0 Å². The monoisotopic (exact) mass is 204 g/mol. The summed E-state index contributed by atoms with van der Waals surface area (Å²) in [6.07, 6.45) is 9.89. The fourth-order valence-electron chi connectivity index (χ4n) is 3.18. The number of nitrogens with zero attached hydrogens (tertiary/aromatic N) is 2. The highest BCUT2D eigenvalue weighted by Crippen LogP contribution is 2.60. The van der Waals surface area contributed by atoms with E-state index in [1.165, 1.54) is 25.7 Å². The van der Waals surface area contributed by atoms with Gasteiger partial charge in [0.25, 0.3) is 0 Å². The molecule has 2 fully saturated rings. The minimum absolute atomic E-state index is 0.383. The standard InChI is InChI=1S/C12H16N2O/c15-12(10-7-13-5-6-14-10)11-8-3-1-2-4-9(8)11/h5-9,11-12,15H,1-4H2. The molecule has 0 spiro atoms. The Labute approximate surface area is 89.6 Å². The van der Waals surface area contributed by atoms with Gasteiger partial charge in [-0.25, -0.2) is 0 Å². The third kappa shape index (κ3) is 1.55. The van der Waals surface area contributed by atoms with Gasteiger partial charge in [-0.1, -0.05) is 12.8 Å². The zero-order chi connectivity index (χ0) is 10.3. The molecule has 80 valence electrons. The fraction of sp³-hybridized carbons (Fsp3) is 0.667. The molecule has 2 aliphatic carbocycles. The van der Waals surface area contributed by atoms with Crippen LogP contribution >= 0.6 is 0 Å². The molecule has 3 unspecified atom stereocenters. The van der Waals surface area contributed by atoms with Crippen LogP contribution in [0.2, 0.25) is 0 Å². The molecule has 2 aliphatic rings. The number of aromatic nitrogens is 2. The van der Waals surface area contributed by atoms with Crippen LogP contribution in [0, 0.1) is 17.8 Å². The molecule has 3 atom stereocenters. The van der Waals surface area contributed by atoms with E-state index in [4.69, 9.17) is 0 Å². The summed E-state index contributed by atoms with van der Waals surface area (Å²) in [5.41, 5.74) is 0.747. The van der Waals surface area contributed by atoms with Gasteiger partial charge < -0.3 is 5.11 Å². The first kappa shape index (κ1) is 9.28. The molecule has 0 saturated heterocycles. The van der Waals surface area contributed by atoms with E-state index in [1.807, 2.05) is 0 Å². The second kappa shape index (κ2) is 3.56. The van der Waals surface area contributed by atoms with Crippen LogP contribution in [0.1, 0.15) is 37.5 Å². The molecule has 0 bridgehead atoms. The van der Waals surface area contributed by atoms with E-state index >= 15 is 0 Å². The smallest absolute Gasteiger partial charge is 0.101 e. The third-order valence-electron chi connectivity index (χ3n) is 3.97. The summed E-state index contributed by atoms with van der Waals surface area (Å²) in [6.45, 7) is 0. The zero-order valence-electron chi connectivity index (χ0n) is 8.71. The molecular weight excluding hydrogens is 188 g/mol. The van der Waals surface area contributed by atoms with E-state index in [9.17, 15) is 5.11 Å². The third-order valence-corrected chi connectivity index (χ3v) is 3.97. The number of fused-ring (bicyclic) bond motifs is 1. The second-order valence-corrected chi connectivity index (χ2v) is 4.76. The number of hydrogen-bond donors (Lipinski definition) is 1. The Kier molecular flexibility index (Phi) is 2.20. The van der Waals surface area contributed by atoms with Crippen molar-refractivity contribution >= 4 is 0 Å². The minimum atomic E-state index is -0.383. The SMILES string of the molecule is OC(c1cnccn1)C1C2CCCCC21. The lowest BCUT2D eigenvalue weighted by Crippen LogP contribution is -2.04. The van der Waals surface area contributed by atoms with Gasteiger partial charge in [0.1, 0.15) is 6.10 Å². The summed E-state index contributed by atoms with van der Waals surface area (Å²) >= 11 is 0. The highest BCUT2D eigenvalue weighted by atomic mass is 16.3. The van der Waals surface area contributed by atoms with E-state index in [-0.39, 0.29) is 6.10 Å². The molecule has 1 heterocycles. The lowest BCUT2D eigenvalue weighted by atomic mass is 10.0. The molecule has 3 rings (SSSR count). The maximum atomic E-state index is 10.2. The average molecular weight is 204 g/mol. The van der Waals surface area contributed by atoms with Gasteiger partial charge in [0.15, 0.2) is 0 Å². The molecule has 1 aromatic rings. The van der Waals surface area contributed by atoms with Crippen molar-refractivity contribution in [3.8, 4) is 0 Å². The molecule has 1 aromatic heterocycles. The van der Waals surface area contributed by atoms with Crippen LogP contribution in [0.3, 0.4) is 0 Å². The summed E-state index contributed by atoms with van der Waals surface area (Å²) < 4.78 is 0. The van der Waals surface area contributed by atoms with Crippen molar-refractivity contribution in [2.45, 2.75) is 31.8 Å². The highest BCUT2D eigenvalue weighted by Gasteiger charge is 2.54. The molecule has 0 aromatic carbocycles. The fourth-order valence-corrected chi connectivity index (χ4v) is 3.18. The van der Waals surface area contributed by atoms with Crippen molar-refractivity contribution in [3.05, 3.63) is 24.3 Å². The van der Waals surface area contributed by atoms with Gasteiger partial charge in [-0.05, 0) is 30.6 Å². The van der Waals surface area contributed by atoms with Gasteiger partial charge in [-0.3, -0.25) is 9.97 Å². The lowest BCUT2D eigenvalue weighted by Gasteiger charge is -2.08. The summed E-state index contributed by atoms with van der Waals surface area (Å²) in [4.78, 5) is 8.20. The van der Waals surface area contributed by atoms with Crippen molar-refractivity contribution in [2.24, 2.45) is 17.8 Å². The van der Waals surface area contributed by atoms with Gasteiger partial charge in [0.2, 0.25) is 0 Å². The quantitative estimate of drug-likeness (QED) is 0.800. The van der Waals surface area contributed by atoms with Crippen LogP contribution in [0.5, 0.6) is 0 Å². The number of aliphatic hydroxyl groups is 1. The van der Waals surface area contributed by atoms with Crippen LogP contribution in [-0.4, -0.2) is 15.1 Å². The molecule has 0 radical (unpaired) electrons. The molecule has 3 heteroatoms. The molecule has 1 N–H and O–H groups in total. The second-order valence-electron chi connectivity index (χ2n) is 4.76. The van der Waals surface area contributed by atoms with Gasteiger partial charge in [-0.15, -0.1) is 0 Å². The largest absolute Gasteiger partial charge is 0.386 e. The van der Waals surface area contributed by atoms with E-state index < -0.39 is 0 Å². The first-order chi connectivity index (χ1) is 7.38. The van der Waals surface area contributed by atoms with Crippen molar-refractivity contribution in [3.63, 3.8) is 0 Å².